The van der Waals surface area contributed by atoms with Crippen molar-refractivity contribution in [2.24, 2.45) is 0 Å². The van der Waals surface area contributed by atoms with E-state index >= 15 is 0 Å². The van der Waals surface area contributed by atoms with Gasteiger partial charge in [-0.2, -0.15) is 0 Å². The molecule has 2 aromatic rings. The molecule has 0 fully saturated rings. The van der Waals surface area contributed by atoms with Gasteiger partial charge in [0.1, 0.15) is 7.11 Å². The minimum Gasteiger partial charge on any atom is -0.448 e. The molecule has 0 aliphatic carbocycles. The van der Waals surface area contributed by atoms with Crippen LogP contribution in [0.2, 0.25) is 0 Å². The van der Waals surface area contributed by atoms with Crippen molar-refractivity contribution in [2.45, 2.75) is 41.5 Å². The van der Waals surface area contributed by atoms with Crippen molar-refractivity contribution < 1.29 is 5.11 Å². The molecule has 0 saturated heterocycles. The van der Waals surface area contributed by atoms with Gasteiger partial charge in [0.15, 0.2) is 0 Å². The molecule has 1 heteroatoms. The van der Waals surface area contributed by atoms with Gasteiger partial charge in [0, 0.05) is 0 Å². The lowest BCUT2D eigenvalue weighted by molar-refractivity contribution is 0.399. The maximum atomic E-state index is 5.75. The maximum Gasteiger partial charge on any atom is 0.133 e. The Hall–Kier alpha value is -1.60. The summed E-state index contributed by atoms with van der Waals surface area (Å²) in [5.74, 6) is 0. The van der Waals surface area contributed by atoms with Crippen molar-refractivity contribution in [3.8, 4) is 0 Å². The highest BCUT2D eigenvalue weighted by Crippen LogP contribution is 2.08. The lowest BCUT2D eigenvalue weighted by Gasteiger charge is -1.98. The van der Waals surface area contributed by atoms with E-state index < -0.39 is 0 Å². The van der Waals surface area contributed by atoms with E-state index in [0.717, 1.165) is 0 Å². The van der Waals surface area contributed by atoms with Crippen molar-refractivity contribution in [1.29, 1.82) is 0 Å². The zero-order valence-electron chi connectivity index (χ0n) is 14.0. The summed E-state index contributed by atoms with van der Waals surface area (Å²) in [7, 11) is 1.25. The highest BCUT2D eigenvalue weighted by Gasteiger charge is 1.89. The van der Waals surface area contributed by atoms with Gasteiger partial charge in [-0.15, -0.1) is 0 Å². The van der Waals surface area contributed by atoms with Gasteiger partial charge in [0.25, 0.3) is 0 Å². The quantitative estimate of drug-likeness (QED) is 0.628. The van der Waals surface area contributed by atoms with Gasteiger partial charge >= 0.3 is 0 Å². The maximum absolute atomic E-state index is 5.75. The third-order valence-corrected chi connectivity index (χ3v) is 3.32. The Kier molecular flexibility index (Phi) is 8.58. The Balaban J connectivity index is 0.000000321. The van der Waals surface area contributed by atoms with Crippen molar-refractivity contribution in [2.75, 3.05) is 7.11 Å². The molecule has 20 heavy (non-hydrogen) atoms. The first-order chi connectivity index (χ1) is 9.40. The van der Waals surface area contributed by atoms with Gasteiger partial charge in [-0.25, -0.2) is 0 Å². The Morgan fingerprint density at radius 2 is 0.800 bits per heavy atom. The van der Waals surface area contributed by atoms with Crippen LogP contribution in [-0.4, -0.2) is 12.2 Å². The molecule has 1 nitrogen and oxygen atoms in total. The molecular formula is C19H29O+. The second-order valence-corrected chi connectivity index (χ2v) is 5.18. The summed E-state index contributed by atoms with van der Waals surface area (Å²) in [6.07, 6.45) is 0. The first-order valence-electron chi connectivity index (χ1n) is 6.98. The smallest absolute Gasteiger partial charge is 0.133 e. The van der Waals surface area contributed by atoms with E-state index in [4.69, 9.17) is 5.11 Å². The van der Waals surface area contributed by atoms with Gasteiger partial charge in [-0.05, 0) is 63.8 Å². The standard InChI is InChI=1S/2C9H12.CH4O/c2*1-7-4-5-8(2)9(3)6-7;1-2/h2*4-6H,1-3H3;2H,1H3/p+1. The largest absolute Gasteiger partial charge is 0.448 e. The fourth-order valence-corrected chi connectivity index (χ4v) is 1.78. The van der Waals surface area contributed by atoms with Crippen molar-refractivity contribution in [3.63, 3.8) is 0 Å². The van der Waals surface area contributed by atoms with Gasteiger partial charge in [-0.1, -0.05) is 47.5 Å². The summed E-state index contributed by atoms with van der Waals surface area (Å²) in [6.45, 7) is 12.8. The van der Waals surface area contributed by atoms with E-state index in [1.807, 2.05) is 0 Å². The van der Waals surface area contributed by atoms with Gasteiger partial charge in [0.05, 0.1) is 0 Å². The van der Waals surface area contributed by atoms with Crippen LogP contribution in [0.4, 0.5) is 0 Å². The SMILES string of the molecule is C[OH2+].Cc1ccc(C)c(C)c1.Cc1ccc(C)c(C)c1. The third kappa shape index (κ3) is 6.53. The Morgan fingerprint density at radius 3 is 1.00 bits per heavy atom. The van der Waals surface area contributed by atoms with Gasteiger partial charge in [0.2, 0.25) is 0 Å². The summed E-state index contributed by atoms with van der Waals surface area (Å²) < 4.78 is 0. The molecule has 0 bridgehead atoms. The van der Waals surface area contributed by atoms with Crippen LogP contribution in [0.1, 0.15) is 33.4 Å². The monoisotopic (exact) mass is 273 g/mol. The highest BCUT2D eigenvalue weighted by atomic mass is 16.2. The van der Waals surface area contributed by atoms with Crippen LogP contribution in [0.15, 0.2) is 36.4 Å². The van der Waals surface area contributed by atoms with Crippen LogP contribution in [-0.2, 0) is 0 Å². The summed E-state index contributed by atoms with van der Waals surface area (Å²) in [5, 5.41) is 5.75. The van der Waals surface area contributed by atoms with Crippen LogP contribution < -0.4 is 0 Å². The first kappa shape index (κ1) is 18.4. The second-order valence-electron chi connectivity index (χ2n) is 5.18. The molecule has 2 N–H and O–H groups in total. The fraction of sp³-hybridized carbons (Fsp3) is 0.368. The number of hydrogen-bond acceptors (Lipinski definition) is 0. The summed E-state index contributed by atoms with van der Waals surface area (Å²) in [4.78, 5) is 0. The van der Waals surface area contributed by atoms with E-state index in [2.05, 4.69) is 77.9 Å². The van der Waals surface area contributed by atoms with E-state index in [0.29, 0.717) is 0 Å². The molecule has 0 saturated carbocycles. The highest BCUT2D eigenvalue weighted by molar-refractivity contribution is 5.29. The molecule has 0 amide bonds. The molecular weight excluding hydrogens is 244 g/mol. The first-order valence-corrected chi connectivity index (χ1v) is 6.98. The predicted octanol–water partition coefficient (Wildman–Crippen LogP) is 4.56. The van der Waals surface area contributed by atoms with E-state index in [1.165, 1.54) is 40.5 Å². The normalized spacial score (nSPS) is 9.00. The Morgan fingerprint density at radius 1 is 0.500 bits per heavy atom. The van der Waals surface area contributed by atoms with Crippen LogP contribution in [0.3, 0.4) is 0 Å². The number of aryl methyl sites for hydroxylation is 6. The summed E-state index contributed by atoms with van der Waals surface area (Å²) in [6, 6.07) is 13.0. The topological polar surface area (TPSA) is 22.9 Å². The minimum absolute atomic E-state index is 1.25. The second kappa shape index (κ2) is 9.33. The van der Waals surface area contributed by atoms with Crippen molar-refractivity contribution in [3.05, 3.63) is 69.8 Å². The lowest BCUT2D eigenvalue weighted by atomic mass is 10.1. The predicted molar refractivity (Wildman–Crippen MR) is 90.8 cm³/mol. The molecule has 0 heterocycles. The van der Waals surface area contributed by atoms with Crippen LogP contribution in [0.25, 0.3) is 0 Å². The minimum atomic E-state index is 1.25. The number of hydrogen-bond donors (Lipinski definition) is 0. The van der Waals surface area contributed by atoms with E-state index in [1.54, 1.807) is 0 Å². The summed E-state index contributed by atoms with van der Waals surface area (Å²) in [5.41, 5.74) is 8.21. The van der Waals surface area contributed by atoms with Crippen LogP contribution >= 0.6 is 0 Å². The van der Waals surface area contributed by atoms with Crippen molar-refractivity contribution in [1.82, 2.24) is 0 Å². The molecule has 0 aliphatic rings. The average Bonchev–Trinajstić information content (AvgIpc) is 2.42. The molecule has 0 atom stereocenters. The summed E-state index contributed by atoms with van der Waals surface area (Å²) >= 11 is 0. The molecule has 110 valence electrons. The Labute approximate surface area is 124 Å². The van der Waals surface area contributed by atoms with Crippen molar-refractivity contribution >= 4 is 0 Å². The zero-order chi connectivity index (χ0) is 15.7. The van der Waals surface area contributed by atoms with E-state index in [-0.39, 0.29) is 0 Å². The molecule has 0 aliphatic heterocycles. The number of benzene rings is 2. The third-order valence-electron chi connectivity index (χ3n) is 3.32. The molecule has 0 unspecified atom stereocenters. The van der Waals surface area contributed by atoms with Gasteiger partial charge < -0.3 is 5.11 Å². The van der Waals surface area contributed by atoms with Crippen LogP contribution in [0, 0.1) is 41.5 Å². The molecule has 0 spiro atoms. The van der Waals surface area contributed by atoms with Crippen LogP contribution in [0.5, 0.6) is 0 Å². The molecule has 2 aromatic carbocycles. The average molecular weight is 273 g/mol. The molecule has 2 rings (SSSR count). The lowest BCUT2D eigenvalue weighted by Crippen LogP contribution is -1.79. The van der Waals surface area contributed by atoms with E-state index in [9.17, 15) is 0 Å². The fourth-order valence-electron chi connectivity index (χ4n) is 1.78. The van der Waals surface area contributed by atoms with Gasteiger partial charge in [-0.3, -0.25) is 0 Å². The zero-order valence-corrected chi connectivity index (χ0v) is 14.0. The number of rotatable bonds is 0. The Bertz CT molecular complexity index is 478. The molecule has 0 aromatic heterocycles. The molecule has 0 radical (unpaired) electrons.